The minimum Gasteiger partial charge on any atom is -0.481 e. The van der Waals surface area contributed by atoms with Gasteiger partial charge in [0.25, 0.3) is 5.91 Å². The number of aromatic nitrogens is 2. The molecule has 98 valence electrons. The fraction of sp³-hybridized carbons (Fsp3) is 0.583. The van der Waals surface area contributed by atoms with Crippen LogP contribution in [0, 0.1) is 18.8 Å². The van der Waals surface area contributed by atoms with E-state index in [1.165, 1.54) is 6.20 Å². The van der Waals surface area contributed by atoms with Gasteiger partial charge in [0.05, 0.1) is 12.1 Å². The zero-order chi connectivity index (χ0) is 13.1. The molecule has 6 heteroatoms. The molecule has 1 saturated carbocycles. The van der Waals surface area contributed by atoms with Crippen molar-refractivity contribution in [1.29, 1.82) is 0 Å². The summed E-state index contributed by atoms with van der Waals surface area (Å²) in [5.74, 6) is -0.462. The van der Waals surface area contributed by atoms with Crippen LogP contribution in [0.3, 0.4) is 0 Å². The number of hydrogen-bond acceptors (Lipinski definition) is 3. The molecule has 1 aromatic rings. The Morgan fingerprint density at radius 2 is 2.33 bits per heavy atom. The molecule has 1 unspecified atom stereocenters. The SMILES string of the molecule is Cc1ncc(C(=O)NCC(CC2CC2)C(=O)O)[nH]1. The molecule has 1 fully saturated rings. The van der Waals surface area contributed by atoms with E-state index in [9.17, 15) is 9.59 Å². The van der Waals surface area contributed by atoms with Crippen molar-refractivity contribution in [3.63, 3.8) is 0 Å². The molecule has 0 aromatic carbocycles. The third-order valence-corrected chi connectivity index (χ3v) is 3.12. The number of nitrogens with zero attached hydrogens (tertiary/aromatic N) is 1. The molecule has 0 spiro atoms. The van der Waals surface area contributed by atoms with Crippen LogP contribution in [-0.4, -0.2) is 33.5 Å². The molecular formula is C12H17N3O3. The van der Waals surface area contributed by atoms with Crippen LogP contribution in [0.5, 0.6) is 0 Å². The van der Waals surface area contributed by atoms with Crippen molar-refractivity contribution in [2.24, 2.45) is 11.8 Å². The van der Waals surface area contributed by atoms with Gasteiger partial charge >= 0.3 is 5.97 Å². The lowest BCUT2D eigenvalue weighted by atomic mass is 10.0. The molecule has 18 heavy (non-hydrogen) atoms. The van der Waals surface area contributed by atoms with Crippen molar-refractivity contribution >= 4 is 11.9 Å². The number of nitrogens with one attached hydrogen (secondary N) is 2. The number of imidazole rings is 1. The Labute approximate surface area is 105 Å². The maximum atomic E-state index is 11.7. The van der Waals surface area contributed by atoms with E-state index in [1.54, 1.807) is 6.92 Å². The highest BCUT2D eigenvalue weighted by Crippen LogP contribution is 2.35. The zero-order valence-electron chi connectivity index (χ0n) is 10.3. The summed E-state index contributed by atoms with van der Waals surface area (Å²) in [6, 6.07) is 0. The molecule has 1 aliphatic rings. The molecule has 1 atom stereocenters. The van der Waals surface area contributed by atoms with Crippen molar-refractivity contribution in [2.45, 2.75) is 26.2 Å². The lowest BCUT2D eigenvalue weighted by molar-refractivity contribution is -0.141. The summed E-state index contributed by atoms with van der Waals surface area (Å²) >= 11 is 0. The van der Waals surface area contributed by atoms with Crippen LogP contribution in [0.2, 0.25) is 0 Å². The van der Waals surface area contributed by atoms with Crippen molar-refractivity contribution in [3.05, 3.63) is 17.7 Å². The molecule has 0 radical (unpaired) electrons. The number of aromatic amines is 1. The van der Waals surface area contributed by atoms with E-state index in [0.717, 1.165) is 12.8 Å². The predicted octanol–water partition coefficient (Wildman–Crippen LogP) is 0.949. The first-order chi connectivity index (χ1) is 8.56. The first-order valence-electron chi connectivity index (χ1n) is 6.09. The summed E-state index contributed by atoms with van der Waals surface area (Å²) in [6.45, 7) is 1.92. The van der Waals surface area contributed by atoms with Crippen LogP contribution in [0.1, 0.15) is 35.6 Å². The van der Waals surface area contributed by atoms with Crippen LogP contribution in [0.25, 0.3) is 0 Å². The van der Waals surface area contributed by atoms with Gasteiger partial charge in [-0.05, 0) is 19.3 Å². The quantitative estimate of drug-likeness (QED) is 0.701. The van der Waals surface area contributed by atoms with Gasteiger partial charge < -0.3 is 15.4 Å². The second-order valence-electron chi connectivity index (χ2n) is 4.81. The highest BCUT2D eigenvalue weighted by atomic mass is 16.4. The van der Waals surface area contributed by atoms with Crippen LogP contribution in [0.15, 0.2) is 6.20 Å². The van der Waals surface area contributed by atoms with E-state index in [-0.39, 0.29) is 12.5 Å². The molecule has 1 aliphatic carbocycles. The fourth-order valence-electron chi connectivity index (χ4n) is 1.87. The Morgan fingerprint density at radius 3 is 2.83 bits per heavy atom. The van der Waals surface area contributed by atoms with E-state index in [2.05, 4.69) is 15.3 Å². The first kappa shape index (κ1) is 12.6. The number of carbonyl (C=O) groups is 2. The summed E-state index contributed by atoms with van der Waals surface area (Å²) in [6.07, 6.45) is 4.31. The number of aryl methyl sites for hydroxylation is 1. The van der Waals surface area contributed by atoms with E-state index < -0.39 is 11.9 Å². The zero-order valence-corrected chi connectivity index (χ0v) is 10.3. The monoisotopic (exact) mass is 251 g/mol. The van der Waals surface area contributed by atoms with Gasteiger partial charge in [-0.25, -0.2) is 4.98 Å². The van der Waals surface area contributed by atoms with Crippen LogP contribution >= 0.6 is 0 Å². The average Bonchev–Trinajstić information content (AvgIpc) is 3.03. The van der Waals surface area contributed by atoms with Crippen molar-refractivity contribution in [2.75, 3.05) is 6.54 Å². The Kier molecular flexibility index (Phi) is 3.64. The highest BCUT2D eigenvalue weighted by molar-refractivity contribution is 5.92. The van der Waals surface area contributed by atoms with Gasteiger partial charge in [-0.3, -0.25) is 9.59 Å². The van der Waals surface area contributed by atoms with Crippen molar-refractivity contribution in [3.8, 4) is 0 Å². The largest absolute Gasteiger partial charge is 0.481 e. The summed E-state index contributed by atoms with van der Waals surface area (Å²) in [4.78, 5) is 29.5. The molecule has 6 nitrogen and oxygen atoms in total. The summed E-state index contributed by atoms with van der Waals surface area (Å²) in [5, 5.41) is 11.7. The Bertz CT molecular complexity index is 451. The van der Waals surface area contributed by atoms with Crippen molar-refractivity contribution in [1.82, 2.24) is 15.3 Å². The van der Waals surface area contributed by atoms with Gasteiger partial charge in [-0.2, -0.15) is 0 Å². The van der Waals surface area contributed by atoms with Gasteiger partial charge in [-0.15, -0.1) is 0 Å². The Morgan fingerprint density at radius 1 is 1.61 bits per heavy atom. The predicted molar refractivity (Wildman–Crippen MR) is 64.1 cm³/mol. The first-order valence-corrected chi connectivity index (χ1v) is 6.09. The van der Waals surface area contributed by atoms with Gasteiger partial charge in [0.1, 0.15) is 11.5 Å². The van der Waals surface area contributed by atoms with Crippen LogP contribution in [0.4, 0.5) is 0 Å². The summed E-state index contributed by atoms with van der Waals surface area (Å²) in [7, 11) is 0. The standard InChI is InChI=1S/C12H17N3O3/c1-7-13-6-10(15-7)11(16)14-5-9(12(17)18)4-8-2-3-8/h6,8-9H,2-5H2,1H3,(H,13,15)(H,14,16)(H,17,18). The van der Waals surface area contributed by atoms with Gasteiger partial charge in [0, 0.05) is 6.54 Å². The third kappa shape index (κ3) is 3.32. The lowest BCUT2D eigenvalue weighted by Crippen LogP contribution is -2.33. The molecule has 0 bridgehead atoms. The molecular weight excluding hydrogens is 234 g/mol. The van der Waals surface area contributed by atoms with Crippen LogP contribution in [-0.2, 0) is 4.79 Å². The summed E-state index contributed by atoms with van der Waals surface area (Å²) < 4.78 is 0. The number of H-pyrrole nitrogens is 1. The van der Waals surface area contributed by atoms with Crippen molar-refractivity contribution < 1.29 is 14.7 Å². The molecule has 0 saturated heterocycles. The number of carbonyl (C=O) groups excluding carboxylic acids is 1. The summed E-state index contributed by atoms with van der Waals surface area (Å²) in [5.41, 5.74) is 0.364. The number of rotatable bonds is 6. The van der Waals surface area contributed by atoms with Gasteiger partial charge in [0.15, 0.2) is 0 Å². The minimum absolute atomic E-state index is 0.169. The molecule has 1 aromatic heterocycles. The third-order valence-electron chi connectivity index (χ3n) is 3.12. The fourth-order valence-corrected chi connectivity index (χ4v) is 1.87. The molecule has 0 aliphatic heterocycles. The minimum atomic E-state index is -0.844. The Balaban J connectivity index is 1.84. The number of hydrogen-bond donors (Lipinski definition) is 3. The second kappa shape index (κ2) is 5.20. The maximum absolute atomic E-state index is 11.7. The number of aliphatic carboxylic acids is 1. The van der Waals surface area contributed by atoms with E-state index >= 15 is 0 Å². The van der Waals surface area contributed by atoms with E-state index in [4.69, 9.17) is 5.11 Å². The van der Waals surface area contributed by atoms with Gasteiger partial charge in [-0.1, -0.05) is 12.8 Å². The smallest absolute Gasteiger partial charge is 0.308 e. The molecule has 3 N–H and O–H groups in total. The second-order valence-corrected chi connectivity index (χ2v) is 4.81. The number of carboxylic acid groups (broad SMARTS) is 1. The molecule has 2 rings (SSSR count). The maximum Gasteiger partial charge on any atom is 0.308 e. The molecule has 1 heterocycles. The normalized spacial score (nSPS) is 16.3. The van der Waals surface area contributed by atoms with Gasteiger partial charge in [0.2, 0.25) is 0 Å². The highest BCUT2D eigenvalue weighted by Gasteiger charge is 2.29. The number of carboxylic acids is 1. The Hall–Kier alpha value is -1.85. The topological polar surface area (TPSA) is 95.1 Å². The van der Waals surface area contributed by atoms with Crippen LogP contribution < -0.4 is 5.32 Å². The van der Waals surface area contributed by atoms with E-state index in [1.807, 2.05) is 0 Å². The number of amides is 1. The molecule has 1 amide bonds. The lowest BCUT2D eigenvalue weighted by Gasteiger charge is -2.12. The average molecular weight is 251 g/mol. The van der Waals surface area contributed by atoms with E-state index in [0.29, 0.717) is 23.9 Å².